The summed E-state index contributed by atoms with van der Waals surface area (Å²) in [6.45, 7) is 2.74. The van der Waals surface area contributed by atoms with Crippen LogP contribution in [0.2, 0.25) is 0 Å². The van der Waals surface area contributed by atoms with Crippen LogP contribution in [-0.4, -0.2) is 37.4 Å². The van der Waals surface area contributed by atoms with E-state index in [1.165, 1.54) is 9.58 Å². The molecular weight excluding hydrogens is 415 g/mol. The van der Waals surface area contributed by atoms with Gasteiger partial charge in [-0.05, 0) is 41.8 Å². The first-order valence-electron chi connectivity index (χ1n) is 8.30. The molecule has 0 atom stereocenters. The number of rotatable bonds is 6. The molecule has 26 heavy (non-hydrogen) atoms. The number of aromatic nitrogens is 4. The van der Waals surface area contributed by atoms with Crippen LogP contribution in [0.25, 0.3) is 0 Å². The normalized spacial score (nSPS) is 14.7. The van der Waals surface area contributed by atoms with E-state index in [2.05, 4.69) is 26.1 Å². The molecule has 0 radical (unpaired) electrons. The smallest absolute Gasteiger partial charge is 0.338 e. The summed E-state index contributed by atoms with van der Waals surface area (Å²) >= 11 is 3.03. The molecule has 1 amide bonds. The summed E-state index contributed by atoms with van der Waals surface area (Å²) in [7, 11) is 1.60. The van der Waals surface area contributed by atoms with Crippen LogP contribution in [0.15, 0.2) is 16.7 Å². The summed E-state index contributed by atoms with van der Waals surface area (Å²) in [5.74, 6) is -0.298. The molecule has 0 aromatic carbocycles. The third-order valence-corrected chi connectivity index (χ3v) is 5.08. The standard InChI is InChI=1S/C16H19BrF3N5O/c1-3-24-7-6-11(21-24)8-23(2)12(26)9-25-14(10-4-5-10)13(17)15(22-25)16(18,19)20/h6-7,10H,3-5,8-9H2,1-2H3. The molecule has 0 unspecified atom stereocenters. The van der Waals surface area contributed by atoms with Crippen LogP contribution in [0.1, 0.15) is 42.8 Å². The van der Waals surface area contributed by atoms with Crippen molar-refractivity contribution >= 4 is 21.8 Å². The minimum atomic E-state index is -4.56. The number of alkyl halides is 3. The Morgan fingerprint density at radius 3 is 2.62 bits per heavy atom. The fourth-order valence-electron chi connectivity index (χ4n) is 2.75. The topological polar surface area (TPSA) is 56.0 Å². The van der Waals surface area contributed by atoms with E-state index in [9.17, 15) is 18.0 Å². The van der Waals surface area contributed by atoms with E-state index in [4.69, 9.17) is 0 Å². The van der Waals surface area contributed by atoms with E-state index < -0.39 is 11.9 Å². The third-order valence-electron chi connectivity index (χ3n) is 4.29. The number of likely N-dealkylation sites (N-methyl/N-ethyl adjacent to an activating group) is 1. The zero-order chi connectivity index (χ0) is 19.1. The molecule has 2 aromatic heterocycles. The summed E-state index contributed by atoms with van der Waals surface area (Å²) in [6.07, 6.45) is -1.13. The van der Waals surface area contributed by atoms with Crippen LogP contribution in [0.5, 0.6) is 0 Å². The number of halogens is 4. The van der Waals surface area contributed by atoms with E-state index in [1.807, 2.05) is 19.2 Å². The number of hydrogen-bond donors (Lipinski definition) is 0. The first-order chi connectivity index (χ1) is 12.2. The second kappa shape index (κ2) is 7.05. The van der Waals surface area contributed by atoms with Gasteiger partial charge in [-0.25, -0.2) is 0 Å². The van der Waals surface area contributed by atoms with Crippen LogP contribution in [0, 0.1) is 0 Å². The van der Waals surface area contributed by atoms with Gasteiger partial charge in [-0.2, -0.15) is 23.4 Å². The molecule has 2 heterocycles. The Bertz CT molecular complexity index is 809. The Kier molecular flexibility index (Phi) is 5.14. The molecular formula is C16H19BrF3N5O. The minimum Gasteiger partial charge on any atom is -0.338 e. The first kappa shape index (κ1) is 18.9. The molecule has 3 rings (SSSR count). The monoisotopic (exact) mass is 433 g/mol. The van der Waals surface area contributed by atoms with Gasteiger partial charge in [0.1, 0.15) is 6.54 Å². The van der Waals surface area contributed by atoms with Crippen LogP contribution in [0.4, 0.5) is 13.2 Å². The van der Waals surface area contributed by atoms with Crippen molar-refractivity contribution in [2.24, 2.45) is 0 Å². The lowest BCUT2D eigenvalue weighted by Gasteiger charge is -2.17. The predicted molar refractivity (Wildman–Crippen MR) is 91.3 cm³/mol. The summed E-state index contributed by atoms with van der Waals surface area (Å²) in [5, 5.41) is 7.98. The van der Waals surface area contributed by atoms with Gasteiger partial charge in [0.2, 0.25) is 5.91 Å². The van der Waals surface area contributed by atoms with Crippen LogP contribution < -0.4 is 0 Å². The Balaban J connectivity index is 1.76. The molecule has 142 valence electrons. The molecule has 0 aliphatic heterocycles. The average Bonchev–Trinajstić information content (AvgIpc) is 3.19. The average molecular weight is 434 g/mol. The molecule has 1 aliphatic carbocycles. The van der Waals surface area contributed by atoms with Crippen molar-refractivity contribution in [3.8, 4) is 0 Å². The highest BCUT2D eigenvalue weighted by Crippen LogP contribution is 2.46. The van der Waals surface area contributed by atoms with Crippen LogP contribution in [-0.2, 0) is 30.6 Å². The van der Waals surface area contributed by atoms with Crippen molar-refractivity contribution in [3.63, 3.8) is 0 Å². The molecule has 0 saturated heterocycles. The number of aryl methyl sites for hydroxylation is 1. The molecule has 6 nitrogen and oxygen atoms in total. The maximum Gasteiger partial charge on any atom is 0.436 e. The van der Waals surface area contributed by atoms with Crippen molar-refractivity contribution in [3.05, 3.63) is 33.8 Å². The second-order valence-corrected chi connectivity index (χ2v) is 7.18. The van der Waals surface area contributed by atoms with Gasteiger partial charge < -0.3 is 4.90 Å². The highest BCUT2D eigenvalue weighted by molar-refractivity contribution is 9.10. The molecule has 0 bridgehead atoms. The van der Waals surface area contributed by atoms with E-state index in [0.29, 0.717) is 12.2 Å². The number of amides is 1. The number of nitrogens with zero attached hydrogens (tertiary/aromatic N) is 5. The van der Waals surface area contributed by atoms with E-state index in [0.717, 1.165) is 25.1 Å². The van der Waals surface area contributed by atoms with Crippen molar-refractivity contribution < 1.29 is 18.0 Å². The van der Waals surface area contributed by atoms with Crippen molar-refractivity contribution in [1.29, 1.82) is 0 Å². The Morgan fingerprint density at radius 2 is 2.08 bits per heavy atom. The first-order valence-corrected chi connectivity index (χ1v) is 9.09. The highest BCUT2D eigenvalue weighted by atomic mass is 79.9. The molecule has 0 spiro atoms. The zero-order valence-corrected chi connectivity index (χ0v) is 16.0. The van der Waals surface area contributed by atoms with Gasteiger partial charge in [0.05, 0.1) is 22.4 Å². The van der Waals surface area contributed by atoms with Crippen LogP contribution in [0.3, 0.4) is 0 Å². The number of hydrogen-bond acceptors (Lipinski definition) is 3. The van der Waals surface area contributed by atoms with E-state index >= 15 is 0 Å². The lowest BCUT2D eigenvalue weighted by molar-refractivity contribution is -0.142. The van der Waals surface area contributed by atoms with Gasteiger partial charge in [0.25, 0.3) is 0 Å². The summed E-state index contributed by atoms with van der Waals surface area (Å²) in [6, 6.07) is 1.81. The van der Waals surface area contributed by atoms with E-state index in [-0.39, 0.29) is 22.8 Å². The lowest BCUT2D eigenvalue weighted by Crippen LogP contribution is -2.31. The van der Waals surface area contributed by atoms with Crippen LogP contribution >= 0.6 is 15.9 Å². The fraction of sp³-hybridized carbons (Fsp3) is 0.562. The molecule has 10 heteroatoms. The van der Waals surface area contributed by atoms with Gasteiger partial charge in [-0.15, -0.1) is 0 Å². The van der Waals surface area contributed by atoms with Gasteiger partial charge in [0.15, 0.2) is 5.69 Å². The maximum atomic E-state index is 13.1. The van der Waals surface area contributed by atoms with E-state index in [1.54, 1.807) is 11.7 Å². The second-order valence-electron chi connectivity index (χ2n) is 6.39. The summed E-state index contributed by atoms with van der Waals surface area (Å²) in [5.41, 5.74) is 0.202. The molecule has 1 saturated carbocycles. The number of carbonyl (C=O) groups is 1. The quantitative estimate of drug-likeness (QED) is 0.701. The van der Waals surface area contributed by atoms with Crippen molar-refractivity contribution in [1.82, 2.24) is 24.5 Å². The minimum absolute atomic E-state index is 0.0198. The van der Waals surface area contributed by atoms with Gasteiger partial charge >= 0.3 is 6.18 Å². The Hall–Kier alpha value is -1.84. The summed E-state index contributed by atoms with van der Waals surface area (Å²) in [4.78, 5) is 13.9. The van der Waals surface area contributed by atoms with Gasteiger partial charge in [-0.1, -0.05) is 0 Å². The zero-order valence-electron chi connectivity index (χ0n) is 14.4. The van der Waals surface area contributed by atoms with Crippen molar-refractivity contribution in [2.45, 2.75) is 51.5 Å². The maximum absolute atomic E-state index is 13.1. The molecule has 1 fully saturated rings. The highest BCUT2D eigenvalue weighted by Gasteiger charge is 2.42. The van der Waals surface area contributed by atoms with Gasteiger partial charge in [0, 0.05) is 25.7 Å². The molecule has 1 aliphatic rings. The fourth-order valence-corrected chi connectivity index (χ4v) is 3.58. The largest absolute Gasteiger partial charge is 0.436 e. The lowest BCUT2D eigenvalue weighted by atomic mass is 10.2. The number of carbonyl (C=O) groups excluding carboxylic acids is 1. The van der Waals surface area contributed by atoms with Gasteiger partial charge in [-0.3, -0.25) is 14.2 Å². The molecule has 2 aromatic rings. The third kappa shape index (κ3) is 3.94. The Morgan fingerprint density at radius 1 is 1.38 bits per heavy atom. The predicted octanol–water partition coefficient (Wildman–Crippen LogP) is 3.42. The SMILES string of the molecule is CCn1ccc(CN(C)C(=O)Cn2nc(C(F)(F)F)c(Br)c2C2CC2)n1. The summed E-state index contributed by atoms with van der Waals surface area (Å²) < 4.78 is 42.3. The van der Waals surface area contributed by atoms with Crippen molar-refractivity contribution in [2.75, 3.05) is 7.05 Å². The Labute approximate surface area is 157 Å². The molecule has 0 N–H and O–H groups in total.